The van der Waals surface area contributed by atoms with Crippen LogP contribution in [0, 0.1) is 0 Å². The second kappa shape index (κ2) is 7.70. The first-order chi connectivity index (χ1) is 13.2. The lowest BCUT2D eigenvalue weighted by atomic mass is 10.1. The molecule has 27 heavy (non-hydrogen) atoms. The fourth-order valence-electron chi connectivity index (χ4n) is 3.63. The van der Waals surface area contributed by atoms with Crippen molar-refractivity contribution in [1.29, 1.82) is 0 Å². The number of amides is 1. The summed E-state index contributed by atoms with van der Waals surface area (Å²) in [6.07, 6.45) is 2.54. The Kier molecular flexibility index (Phi) is 4.97. The molecule has 3 aromatic carbocycles. The van der Waals surface area contributed by atoms with E-state index in [1.54, 1.807) is 0 Å². The monoisotopic (exact) mass is 359 g/mol. The van der Waals surface area contributed by atoms with Gasteiger partial charge in [-0.1, -0.05) is 36.4 Å². The SMILES string of the molecule is C[C@H](Nc1ccc(N2CCCC2)cc1)C(=O)Nc1cccc2ccccc12. The Hall–Kier alpha value is -3.01. The molecule has 4 rings (SSSR count). The summed E-state index contributed by atoms with van der Waals surface area (Å²) in [7, 11) is 0. The summed E-state index contributed by atoms with van der Waals surface area (Å²) >= 11 is 0. The number of hydrogen-bond donors (Lipinski definition) is 2. The average Bonchev–Trinajstić information content (AvgIpc) is 3.23. The standard InChI is InChI=1S/C23H25N3O/c1-17(24-19-11-13-20(14-12-19)26-15-4-5-16-26)23(27)25-22-10-6-8-18-7-2-3-9-21(18)22/h2-3,6-14,17,24H,4-5,15-16H2,1H3,(H,25,27)/t17-/m0/s1. The third-order valence-corrected chi connectivity index (χ3v) is 5.16. The molecule has 1 fully saturated rings. The van der Waals surface area contributed by atoms with Crippen molar-refractivity contribution in [3.63, 3.8) is 0 Å². The van der Waals surface area contributed by atoms with E-state index in [2.05, 4.69) is 51.9 Å². The van der Waals surface area contributed by atoms with Crippen molar-refractivity contribution in [3.05, 3.63) is 66.7 Å². The van der Waals surface area contributed by atoms with Gasteiger partial charge < -0.3 is 15.5 Å². The zero-order chi connectivity index (χ0) is 18.6. The van der Waals surface area contributed by atoms with Crippen LogP contribution in [-0.2, 0) is 4.79 Å². The van der Waals surface area contributed by atoms with Crippen LogP contribution < -0.4 is 15.5 Å². The van der Waals surface area contributed by atoms with E-state index < -0.39 is 0 Å². The van der Waals surface area contributed by atoms with Crippen LogP contribution in [0.5, 0.6) is 0 Å². The smallest absolute Gasteiger partial charge is 0.246 e. The molecule has 1 heterocycles. The number of anilines is 3. The Labute approximate surface area is 160 Å². The second-order valence-corrected chi connectivity index (χ2v) is 7.12. The van der Waals surface area contributed by atoms with Gasteiger partial charge in [0.25, 0.3) is 0 Å². The molecular formula is C23H25N3O. The normalized spacial score (nSPS) is 14.9. The van der Waals surface area contributed by atoms with E-state index in [-0.39, 0.29) is 11.9 Å². The summed E-state index contributed by atoms with van der Waals surface area (Å²) in [5.74, 6) is -0.0463. The third-order valence-electron chi connectivity index (χ3n) is 5.16. The zero-order valence-electron chi connectivity index (χ0n) is 15.6. The summed E-state index contributed by atoms with van der Waals surface area (Å²) in [5.41, 5.74) is 3.06. The van der Waals surface area contributed by atoms with Gasteiger partial charge in [-0.2, -0.15) is 0 Å². The Morgan fingerprint density at radius 1 is 0.926 bits per heavy atom. The molecule has 1 amide bonds. The molecule has 4 nitrogen and oxygen atoms in total. The first-order valence-corrected chi connectivity index (χ1v) is 9.61. The lowest BCUT2D eigenvalue weighted by Gasteiger charge is -2.19. The minimum Gasteiger partial charge on any atom is -0.374 e. The van der Waals surface area contributed by atoms with Crippen LogP contribution in [0.15, 0.2) is 66.7 Å². The molecule has 1 saturated heterocycles. The molecule has 0 spiro atoms. The van der Waals surface area contributed by atoms with Gasteiger partial charge in [-0.3, -0.25) is 4.79 Å². The summed E-state index contributed by atoms with van der Waals surface area (Å²) in [5, 5.41) is 8.52. The quantitative estimate of drug-likeness (QED) is 0.682. The average molecular weight is 359 g/mol. The van der Waals surface area contributed by atoms with Crippen molar-refractivity contribution in [2.75, 3.05) is 28.6 Å². The van der Waals surface area contributed by atoms with E-state index in [4.69, 9.17) is 0 Å². The number of hydrogen-bond acceptors (Lipinski definition) is 3. The third kappa shape index (κ3) is 3.90. The second-order valence-electron chi connectivity index (χ2n) is 7.12. The molecule has 3 aromatic rings. The molecular weight excluding hydrogens is 334 g/mol. The zero-order valence-corrected chi connectivity index (χ0v) is 15.6. The molecule has 2 N–H and O–H groups in total. The number of carbonyl (C=O) groups is 1. The fourth-order valence-corrected chi connectivity index (χ4v) is 3.63. The lowest BCUT2D eigenvalue weighted by molar-refractivity contribution is -0.116. The van der Waals surface area contributed by atoms with E-state index >= 15 is 0 Å². The maximum Gasteiger partial charge on any atom is 0.246 e. The van der Waals surface area contributed by atoms with Crippen molar-refractivity contribution >= 4 is 33.7 Å². The van der Waals surface area contributed by atoms with Crippen LogP contribution in [0.2, 0.25) is 0 Å². The molecule has 0 radical (unpaired) electrons. The maximum atomic E-state index is 12.7. The molecule has 1 aliphatic rings. The predicted molar refractivity (Wildman–Crippen MR) is 114 cm³/mol. The Morgan fingerprint density at radius 3 is 2.41 bits per heavy atom. The van der Waals surface area contributed by atoms with Gasteiger partial charge in [0, 0.05) is 35.5 Å². The van der Waals surface area contributed by atoms with Crippen molar-refractivity contribution in [1.82, 2.24) is 0 Å². The van der Waals surface area contributed by atoms with Crippen LogP contribution in [0.3, 0.4) is 0 Å². The first kappa shape index (κ1) is 17.4. The molecule has 0 bridgehead atoms. The Balaban J connectivity index is 1.41. The number of nitrogens with one attached hydrogen (secondary N) is 2. The van der Waals surface area contributed by atoms with Crippen molar-refractivity contribution < 1.29 is 4.79 Å². The number of benzene rings is 3. The van der Waals surface area contributed by atoms with Gasteiger partial charge in [0.15, 0.2) is 0 Å². The highest BCUT2D eigenvalue weighted by molar-refractivity contribution is 6.04. The van der Waals surface area contributed by atoms with Gasteiger partial charge in [-0.05, 0) is 55.5 Å². The van der Waals surface area contributed by atoms with E-state index in [9.17, 15) is 4.79 Å². The van der Waals surface area contributed by atoms with Gasteiger partial charge >= 0.3 is 0 Å². The van der Waals surface area contributed by atoms with Crippen LogP contribution in [0.4, 0.5) is 17.1 Å². The summed E-state index contributed by atoms with van der Waals surface area (Å²) in [6.45, 7) is 4.15. The predicted octanol–water partition coefficient (Wildman–Crippen LogP) is 4.88. The summed E-state index contributed by atoms with van der Waals surface area (Å²) < 4.78 is 0. The lowest BCUT2D eigenvalue weighted by Crippen LogP contribution is -2.31. The van der Waals surface area contributed by atoms with E-state index in [0.29, 0.717) is 0 Å². The largest absolute Gasteiger partial charge is 0.374 e. The number of nitrogens with zero attached hydrogens (tertiary/aromatic N) is 1. The molecule has 0 aliphatic carbocycles. The van der Waals surface area contributed by atoms with E-state index in [0.717, 1.165) is 35.2 Å². The highest BCUT2D eigenvalue weighted by Crippen LogP contribution is 2.24. The number of carbonyl (C=O) groups excluding carboxylic acids is 1. The topological polar surface area (TPSA) is 44.4 Å². The van der Waals surface area contributed by atoms with Crippen LogP contribution >= 0.6 is 0 Å². The van der Waals surface area contributed by atoms with Crippen molar-refractivity contribution in [2.24, 2.45) is 0 Å². The fraction of sp³-hybridized carbons (Fsp3) is 0.261. The molecule has 0 saturated carbocycles. The van der Waals surface area contributed by atoms with Gasteiger partial charge in [-0.15, -0.1) is 0 Å². The van der Waals surface area contributed by atoms with Crippen molar-refractivity contribution in [2.45, 2.75) is 25.8 Å². The maximum absolute atomic E-state index is 12.7. The molecule has 0 aromatic heterocycles. The molecule has 1 aliphatic heterocycles. The van der Waals surface area contributed by atoms with E-state index in [1.807, 2.05) is 37.3 Å². The Morgan fingerprint density at radius 2 is 1.63 bits per heavy atom. The Bertz CT molecular complexity index is 925. The molecule has 138 valence electrons. The van der Waals surface area contributed by atoms with Crippen LogP contribution in [0.1, 0.15) is 19.8 Å². The van der Waals surface area contributed by atoms with Gasteiger partial charge in [0.05, 0.1) is 0 Å². The van der Waals surface area contributed by atoms with Gasteiger partial charge in [0.2, 0.25) is 5.91 Å². The van der Waals surface area contributed by atoms with E-state index in [1.165, 1.54) is 18.5 Å². The number of fused-ring (bicyclic) bond motifs is 1. The van der Waals surface area contributed by atoms with Gasteiger partial charge in [0.1, 0.15) is 6.04 Å². The highest BCUT2D eigenvalue weighted by atomic mass is 16.2. The number of rotatable bonds is 5. The molecule has 0 unspecified atom stereocenters. The summed E-state index contributed by atoms with van der Waals surface area (Å²) in [6, 6.07) is 22.1. The summed E-state index contributed by atoms with van der Waals surface area (Å²) in [4.78, 5) is 15.1. The minimum atomic E-state index is -0.332. The molecule has 1 atom stereocenters. The van der Waals surface area contributed by atoms with Crippen molar-refractivity contribution in [3.8, 4) is 0 Å². The highest BCUT2D eigenvalue weighted by Gasteiger charge is 2.15. The molecule has 4 heteroatoms. The van der Waals surface area contributed by atoms with Gasteiger partial charge in [-0.25, -0.2) is 0 Å². The van der Waals surface area contributed by atoms with Crippen LogP contribution in [0.25, 0.3) is 10.8 Å². The van der Waals surface area contributed by atoms with Crippen LogP contribution in [-0.4, -0.2) is 25.0 Å². The minimum absolute atomic E-state index is 0.0463. The first-order valence-electron chi connectivity index (χ1n) is 9.61.